The van der Waals surface area contributed by atoms with Crippen LogP contribution in [0, 0.1) is 10.1 Å². The number of carbonyl (C=O) groups is 1. The minimum absolute atomic E-state index is 0. The predicted molar refractivity (Wildman–Crippen MR) is 93.5 cm³/mol. The summed E-state index contributed by atoms with van der Waals surface area (Å²) in [7, 11) is 0. The quantitative estimate of drug-likeness (QED) is 0.380. The lowest BCUT2D eigenvalue weighted by Crippen LogP contribution is -1.95. The van der Waals surface area contributed by atoms with Crippen LogP contribution in [0.4, 0.5) is 5.88 Å². The lowest BCUT2D eigenvalue weighted by Gasteiger charge is -2.03. The summed E-state index contributed by atoms with van der Waals surface area (Å²) in [6, 6.07) is 11.4. The zero-order chi connectivity index (χ0) is 16.4. The van der Waals surface area contributed by atoms with Gasteiger partial charge in [0.05, 0.1) is 17.3 Å². The molecule has 0 saturated heterocycles. The Kier molecular flexibility index (Phi) is 5.33. The average Bonchev–Trinajstić information content (AvgIpc) is 3.01. The van der Waals surface area contributed by atoms with E-state index in [0.717, 1.165) is 0 Å². The molecule has 24 heavy (non-hydrogen) atoms. The molecule has 0 radical (unpaired) electrons. The van der Waals surface area contributed by atoms with Crippen LogP contribution in [0.15, 0.2) is 46.9 Å². The van der Waals surface area contributed by atoms with Gasteiger partial charge in [0.15, 0.2) is 0 Å². The summed E-state index contributed by atoms with van der Waals surface area (Å²) in [4.78, 5) is 25.9. The Morgan fingerprint density at radius 3 is 2.62 bits per heavy atom. The summed E-state index contributed by atoms with van der Waals surface area (Å²) >= 11 is 5.63. The first-order valence-corrected chi connectivity index (χ1v) is 6.94. The fraction of sp³-hybridized carbons (Fsp3) is 0. The highest BCUT2D eigenvalue weighted by Crippen LogP contribution is 2.22. The van der Waals surface area contributed by atoms with Gasteiger partial charge in [0, 0.05) is 10.9 Å². The summed E-state index contributed by atoms with van der Waals surface area (Å²) in [6.07, 6.45) is 3.13. The number of nitrogens with zero attached hydrogens (tertiary/aromatic N) is 2. The summed E-state index contributed by atoms with van der Waals surface area (Å²) in [5.41, 5.74) is 1.47. The minimum Gasteiger partial charge on any atom is -0.401 e. The number of halogens is 2. The number of para-hydroxylation sites is 1. The van der Waals surface area contributed by atoms with Gasteiger partial charge in [-0.25, -0.2) is 4.98 Å². The molecule has 8 heteroatoms. The van der Waals surface area contributed by atoms with Gasteiger partial charge in [-0.2, -0.15) is 0 Å². The first-order valence-electron chi connectivity index (χ1n) is 6.56. The second-order valence-electron chi connectivity index (χ2n) is 4.65. The molecule has 0 N–H and O–H groups in total. The number of aromatic nitrogens is 1. The van der Waals surface area contributed by atoms with Gasteiger partial charge in [-0.05, 0) is 42.0 Å². The monoisotopic (exact) mass is 364 g/mol. The molecule has 6 nitrogen and oxygen atoms in total. The lowest BCUT2D eigenvalue weighted by molar-refractivity contribution is -0.402. The summed E-state index contributed by atoms with van der Waals surface area (Å²) in [5.74, 6) is -0.0295. The van der Waals surface area contributed by atoms with Crippen molar-refractivity contribution in [2.45, 2.75) is 0 Å². The van der Waals surface area contributed by atoms with Gasteiger partial charge in [-0.3, -0.25) is 14.9 Å². The van der Waals surface area contributed by atoms with Crippen molar-refractivity contribution < 1.29 is 14.1 Å². The van der Waals surface area contributed by atoms with E-state index in [1.54, 1.807) is 36.4 Å². The highest BCUT2D eigenvalue weighted by molar-refractivity contribution is 6.68. The second kappa shape index (κ2) is 7.25. The Labute approximate surface area is 147 Å². The number of benzene rings is 1. The lowest BCUT2D eigenvalue weighted by atomic mass is 10.1. The van der Waals surface area contributed by atoms with E-state index in [4.69, 9.17) is 16.0 Å². The van der Waals surface area contributed by atoms with Crippen LogP contribution >= 0.6 is 24.0 Å². The molecular formula is C16H10Cl2N2O4. The van der Waals surface area contributed by atoms with Gasteiger partial charge >= 0.3 is 5.88 Å². The summed E-state index contributed by atoms with van der Waals surface area (Å²) in [5, 5.41) is 10.7. The van der Waals surface area contributed by atoms with Crippen molar-refractivity contribution in [3.63, 3.8) is 0 Å². The van der Waals surface area contributed by atoms with Crippen molar-refractivity contribution in [3.8, 4) is 0 Å². The second-order valence-corrected chi connectivity index (χ2v) is 5.00. The molecular weight excluding hydrogens is 355 g/mol. The Morgan fingerprint density at radius 1 is 1.21 bits per heavy atom. The average molecular weight is 365 g/mol. The van der Waals surface area contributed by atoms with Crippen molar-refractivity contribution >= 4 is 58.2 Å². The standard InChI is InChI=1S/C16H9ClN2O4.ClH/c17-16(20)13-9-10(18-14-4-2-1-3-12(13)14)5-6-11-7-8-15(23-11)19(21)22;/h1-9H;1H. The number of pyridine rings is 1. The molecule has 1 aromatic carbocycles. The zero-order valence-electron chi connectivity index (χ0n) is 12.0. The smallest absolute Gasteiger partial charge is 0.401 e. The zero-order valence-corrected chi connectivity index (χ0v) is 13.6. The van der Waals surface area contributed by atoms with Gasteiger partial charge < -0.3 is 4.42 Å². The molecule has 0 bridgehead atoms. The third-order valence-corrected chi connectivity index (χ3v) is 3.36. The fourth-order valence-electron chi connectivity index (χ4n) is 2.14. The molecule has 0 aliphatic carbocycles. The van der Waals surface area contributed by atoms with Crippen LogP contribution < -0.4 is 0 Å². The van der Waals surface area contributed by atoms with Crippen LogP contribution in [-0.4, -0.2) is 15.1 Å². The first kappa shape index (κ1) is 17.7. The predicted octanol–water partition coefficient (Wildman–Crippen LogP) is 4.71. The molecule has 3 aromatic rings. The van der Waals surface area contributed by atoms with Crippen LogP contribution in [0.25, 0.3) is 23.1 Å². The third-order valence-electron chi connectivity index (χ3n) is 3.16. The number of fused-ring (bicyclic) bond motifs is 1. The third kappa shape index (κ3) is 3.61. The highest BCUT2D eigenvalue weighted by Gasteiger charge is 2.11. The van der Waals surface area contributed by atoms with Crippen molar-refractivity contribution in [1.29, 1.82) is 0 Å². The number of furan rings is 1. The number of hydrogen-bond donors (Lipinski definition) is 0. The van der Waals surface area contributed by atoms with Crippen LogP contribution in [0.3, 0.4) is 0 Å². The number of carbonyl (C=O) groups excluding carboxylic acids is 1. The molecule has 0 aliphatic rings. The van der Waals surface area contributed by atoms with E-state index < -0.39 is 10.2 Å². The SMILES string of the molecule is Cl.O=C(Cl)c1cc(C=Cc2ccc([N+](=O)[O-])o2)nc2ccccc12. The Balaban J connectivity index is 0.00000208. The molecule has 2 aromatic heterocycles. The number of hydrogen-bond acceptors (Lipinski definition) is 5. The maximum absolute atomic E-state index is 11.6. The van der Waals surface area contributed by atoms with E-state index in [-0.39, 0.29) is 18.3 Å². The molecule has 3 rings (SSSR count). The fourth-order valence-corrected chi connectivity index (χ4v) is 2.30. The van der Waals surface area contributed by atoms with E-state index >= 15 is 0 Å². The van der Waals surface area contributed by atoms with Crippen molar-refractivity contribution in [1.82, 2.24) is 4.98 Å². The molecule has 0 saturated carbocycles. The molecule has 122 valence electrons. The normalized spacial score (nSPS) is 10.7. The maximum Gasteiger partial charge on any atom is 0.433 e. The van der Waals surface area contributed by atoms with Crippen LogP contribution in [0.1, 0.15) is 21.8 Å². The van der Waals surface area contributed by atoms with Crippen molar-refractivity contribution in [3.05, 3.63) is 69.6 Å². The van der Waals surface area contributed by atoms with Crippen LogP contribution in [0.5, 0.6) is 0 Å². The van der Waals surface area contributed by atoms with Gasteiger partial charge in [-0.1, -0.05) is 18.2 Å². The largest absolute Gasteiger partial charge is 0.433 e. The molecule has 0 fully saturated rings. The van der Waals surface area contributed by atoms with Crippen molar-refractivity contribution in [2.75, 3.05) is 0 Å². The van der Waals surface area contributed by atoms with Crippen molar-refractivity contribution in [2.24, 2.45) is 0 Å². The van der Waals surface area contributed by atoms with Crippen LogP contribution in [-0.2, 0) is 0 Å². The molecule has 0 aliphatic heterocycles. The van der Waals surface area contributed by atoms with Gasteiger partial charge in [0.1, 0.15) is 10.7 Å². The van der Waals surface area contributed by atoms with E-state index in [1.165, 1.54) is 18.2 Å². The number of nitro groups is 1. The molecule has 0 amide bonds. The molecule has 0 unspecified atom stereocenters. The van der Waals surface area contributed by atoms with E-state index in [1.807, 2.05) is 0 Å². The summed E-state index contributed by atoms with van der Waals surface area (Å²) < 4.78 is 5.03. The van der Waals surface area contributed by atoms with Gasteiger partial charge in [0.25, 0.3) is 5.24 Å². The van der Waals surface area contributed by atoms with E-state index in [2.05, 4.69) is 4.98 Å². The topological polar surface area (TPSA) is 86.2 Å². The Morgan fingerprint density at radius 2 is 1.96 bits per heavy atom. The minimum atomic E-state index is -0.615. The van der Waals surface area contributed by atoms with Gasteiger partial charge in [-0.15, -0.1) is 12.4 Å². The van der Waals surface area contributed by atoms with E-state index in [9.17, 15) is 14.9 Å². The number of rotatable bonds is 4. The maximum atomic E-state index is 11.6. The Bertz CT molecular complexity index is 950. The Hall–Kier alpha value is -2.70. The molecule has 2 heterocycles. The van der Waals surface area contributed by atoms with E-state index in [0.29, 0.717) is 27.9 Å². The summed E-state index contributed by atoms with van der Waals surface area (Å²) in [6.45, 7) is 0. The molecule has 0 atom stereocenters. The van der Waals surface area contributed by atoms with Crippen LogP contribution in [0.2, 0.25) is 0 Å². The highest BCUT2D eigenvalue weighted by atomic mass is 35.5. The van der Waals surface area contributed by atoms with Gasteiger partial charge in [0.2, 0.25) is 0 Å². The molecule has 0 spiro atoms. The first-order chi connectivity index (χ1) is 11.0.